The number of nitrogens with zero attached hydrogens (tertiary/aromatic N) is 5. The zero-order valence-electron chi connectivity index (χ0n) is 29.8. The second kappa shape index (κ2) is 13.8. The molecule has 3 aromatic heterocycles. The summed E-state index contributed by atoms with van der Waals surface area (Å²) in [4.78, 5) is 30.8. The number of Topliss-reactive ketones (excluding diaryl/α,β-unsaturated/α-hetero) is 1. The SMILES string of the molecule is CC(=O)Nc1nn(C)c2c(-c3ccc(C#CC(C)(C)O)nc3[C@@H](CC(=O)Cn3nc(C(F)F)c4c3C(F)(F)[C@@H]3C[C@H]43)Cc3cc(F)cc(F)c3)ccc(Cl)c12. The monoisotopic (exact) mass is 782 g/mol. The van der Waals surface area contributed by atoms with E-state index in [0.717, 1.165) is 12.1 Å². The number of carbonyl (C=O) groups excluding carboxylic acids is 2. The molecule has 2 aliphatic carbocycles. The van der Waals surface area contributed by atoms with Crippen LogP contribution in [0.5, 0.6) is 0 Å². The van der Waals surface area contributed by atoms with Gasteiger partial charge in [-0.05, 0) is 74.4 Å². The summed E-state index contributed by atoms with van der Waals surface area (Å²) in [6.07, 6.45) is -3.74. The summed E-state index contributed by atoms with van der Waals surface area (Å²) in [5, 5.41) is 21.8. The third kappa shape index (κ3) is 7.32. The van der Waals surface area contributed by atoms with Crippen LogP contribution in [0.4, 0.5) is 32.2 Å². The summed E-state index contributed by atoms with van der Waals surface area (Å²) in [5.41, 5.74) is -1.30. The average Bonchev–Trinajstić information content (AvgIpc) is 3.62. The molecule has 2 aliphatic rings. The molecule has 1 amide bonds. The van der Waals surface area contributed by atoms with Gasteiger partial charge in [0.25, 0.3) is 12.3 Å². The Labute approximate surface area is 315 Å². The lowest BCUT2D eigenvalue weighted by Crippen LogP contribution is -2.24. The molecule has 1 fully saturated rings. The van der Waals surface area contributed by atoms with Gasteiger partial charge in [0.1, 0.15) is 40.9 Å². The van der Waals surface area contributed by atoms with Gasteiger partial charge in [0.05, 0.1) is 21.6 Å². The molecule has 7 rings (SSSR count). The first-order valence-corrected chi connectivity index (χ1v) is 17.6. The lowest BCUT2D eigenvalue weighted by molar-refractivity contribution is -0.120. The summed E-state index contributed by atoms with van der Waals surface area (Å²) in [5.74, 6) is -3.58. The topological polar surface area (TPSA) is 115 Å². The molecule has 2 aromatic carbocycles. The highest BCUT2D eigenvalue weighted by molar-refractivity contribution is 6.37. The third-order valence-electron chi connectivity index (χ3n) is 9.70. The number of aromatic nitrogens is 5. The number of carbonyl (C=O) groups is 2. The summed E-state index contributed by atoms with van der Waals surface area (Å²) in [6, 6.07) is 9.31. The number of aliphatic hydroxyl groups is 1. The predicted octanol–water partition coefficient (Wildman–Crippen LogP) is 7.98. The second-order valence-electron chi connectivity index (χ2n) is 14.5. The van der Waals surface area contributed by atoms with Crippen LogP contribution in [0.1, 0.15) is 85.8 Å². The number of amides is 1. The molecule has 5 aromatic rings. The van der Waals surface area contributed by atoms with Crippen LogP contribution in [0, 0.1) is 29.4 Å². The largest absolute Gasteiger partial charge is 0.378 e. The molecule has 0 aliphatic heterocycles. The standard InChI is InChI=1S/C39H33ClF6N6O3/c1-18(53)47-37-31-29(40)8-7-26(34(31)51(4)50-37)25-6-5-23(9-10-38(2,3)55)48-32(25)20(11-19-12-21(41)15-22(42)13-19)14-24(54)17-52-35-30(33(49-52)36(43)44)27-16-28(27)39(35,45)46/h5-8,12-13,15,20,27-28,36,55H,11,14,16-17H2,1-4H3,(H,47,50,53)/t20-,27+,28-/m1/s1. The van der Waals surface area contributed by atoms with Gasteiger partial charge in [0.2, 0.25) is 5.91 Å². The predicted molar refractivity (Wildman–Crippen MR) is 191 cm³/mol. The van der Waals surface area contributed by atoms with Crippen LogP contribution in [-0.4, -0.2) is 46.9 Å². The van der Waals surface area contributed by atoms with Crippen molar-refractivity contribution in [2.45, 2.75) is 76.4 Å². The van der Waals surface area contributed by atoms with Crippen LogP contribution < -0.4 is 5.32 Å². The molecule has 286 valence electrons. The minimum absolute atomic E-state index is 0.0493. The number of fused-ring (bicyclic) bond motifs is 4. The zero-order valence-corrected chi connectivity index (χ0v) is 30.6. The number of aryl methyl sites for hydroxylation is 1. The Morgan fingerprint density at radius 2 is 1.76 bits per heavy atom. The maximum atomic E-state index is 15.4. The Balaban J connectivity index is 1.38. The van der Waals surface area contributed by atoms with Gasteiger partial charge in [-0.25, -0.2) is 22.5 Å². The van der Waals surface area contributed by atoms with Gasteiger partial charge in [0.15, 0.2) is 11.6 Å². The van der Waals surface area contributed by atoms with Gasteiger partial charge in [-0.15, -0.1) is 0 Å². The molecule has 9 nitrogen and oxygen atoms in total. The maximum Gasteiger partial charge on any atom is 0.293 e. The highest BCUT2D eigenvalue weighted by atomic mass is 35.5. The van der Waals surface area contributed by atoms with E-state index in [0.29, 0.717) is 32.8 Å². The number of rotatable bonds is 10. The van der Waals surface area contributed by atoms with Crippen molar-refractivity contribution in [3.63, 3.8) is 0 Å². The van der Waals surface area contributed by atoms with Gasteiger partial charge in [-0.1, -0.05) is 23.6 Å². The second-order valence-corrected chi connectivity index (χ2v) is 14.9. The molecule has 3 atom stereocenters. The van der Waals surface area contributed by atoms with Crippen LogP contribution >= 0.6 is 11.6 Å². The van der Waals surface area contributed by atoms with Gasteiger partial charge in [-0.3, -0.25) is 19.0 Å². The van der Waals surface area contributed by atoms with Gasteiger partial charge in [0, 0.05) is 55.0 Å². The van der Waals surface area contributed by atoms with Crippen molar-refractivity contribution in [3.05, 3.63) is 93.0 Å². The number of nitrogens with one attached hydrogen (secondary N) is 1. The Morgan fingerprint density at radius 1 is 1.07 bits per heavy atom. The normalized spacial score (nSPS) is 17.5. The van der Waals surface area contributed by atoms with E-state index in [1.807, 2.05) is 0 Å². The van der Waals surface area contributed by atoms with Crippen LogP contribution in [0.3, 0.4) is 0 Å². The van der Waals surface area contributed by atoms with Crippen LogP contribution in [0.2, 0.25) is 5.02 Å². The third-order valence-corrected chi connectivity index (χ3v) is 10.0. The van der Waals surface area contributed by atoms with Crippen molar-refractivity contribution in [2.75, 3.05) is 5.32 Å². The Morgan fingerprint density at radius 3 is 2.42 bits per heavy atom. The fourth-order valence-electron chi connectivity index (χ4n) is 7.51. The first kappa shape index (κ1) is 38.1. The molecular weight excluding hydrogens is 750 g/mol. The van der Waals surface area contributed by atoms with E-state index in [-0.39, 0.29) is 46.2 Å². The molecule has 2 N–H and O–H groups in total. The summed E-state index contributed by atoms with van der Waals surface area (Å²) < 4.78 is 90.1. The van der Waals surface area contributed by atoms with Crippen molar-refractivity contribution >= 4 is 40.0 Å². The summed E-state index contributed by atoms with van der Waals surface area (Å²) in [7, 11) is 1.62. The number of hydrogen-bond acceptors (Lipinski definition) is 6. The van der Waals surface area contributed by atoms with Crippen LogP contribution in [0.15, 0.2) is 42.5 Å². The molecule has 0 spiro atoms. The van der Waals surface area contributed by atoms with E-state index in [1.54, 1.807) is 31.3 Å². The minimum atomic E-state index is -3.46. The van der Waals surface area contributed by atoms with E-state index >= 15 is 8.78 Å². The number of benzene rings is 2. The Hall–Kier alpha value is -5.20. The molecule has 3 heterocycles. The Kier molecular flexibility index (Phi) is 9.58. The number of hydrogen-bond donors (Lipinski definition) is 2. The maximum absolute atomic E-state index is 15.4. The molecule has 0 bridgehead atoms. The first-order valence-electron chi connectivity index (χ1n) is 17.3. The number of alkyl halides is 4. The van der Waals surface area contributed by atoms with E-state index in [1.165, 1.54) is 25.5 Å². The first-order chi connectivity index (χ1) is 25.8. The lowest BCUT2D eigenvalue weighted by atomic mass is 9.86. The highest BCUT2D eigenvalue weighted by Gasteiger charge is 2.67. The van der Waals surface area contributed by atoms with E-state index in [9.17, 15) is 32.3 Å². The van der Waals surface area contributed by atoms with E-state index in [4.69, 9.17) is 16.6 Å². The zero-order chi connectivity index (χ0) is 39.7. The van der Waals surface area contributed by atoms with Crippen molar-refractivity contribution in [1.29, 1.82) is 0 Å². The Bertz CT molecular complexity index is 2440. The number of pyridine rings is 1. The van der Waals surface area contributed by atoms with E-state index in [2.05, 4.69) is 27.4 Å². The molecule has 0 unspecified atom stereocenters. The van der Waals surface area contributed by atoms with Crippen molar-refractivity contribution in [3.8, 4) is 23.0 Å². The quantitative estimate of drug-likeness (QED) is 0.110. The summed E-state index contributed by atoms with van der Waals surface area (Å²) >= 11 is 6.62. The smallest absolute Gasteiger partial charge is 0.293 e. The number of anilines is 1. The van der Waals surface area contributed by atoms with Gasteiger partial charge >= 0.3 is 0 Å². The van der Waals surface area contributed by atoms with Crippen molar-refractivity contribution < 1.29 is 41.0 Å². The molecule has 0 radical (unpaired) electrons. The van der Waals surface area contributed by atoms with E-state index < -0.39 is 83.4 Å². The van der Waals surface area contributed by atoms with Crippen molar-refractivity contribution in [1.82, 2.24) is 24.5 Å². The average molecular weight is 783 g/mol. The van der Waals surface area contributed by atoms with Gasteiger partial charge in [-0.2, -0.15) is 19.0 Å². The van der Waals surface area contributed by atoms with Gasteiger partial charge < -0.3 is 10.4 Å². The molecule has 16 heteroatoms. The van der Waals surface area contributed by atoms with Crippen molar-refractivity contribution in [2.24, 2.45) is 13.0 Å². The molecule has 0 saturated heterocycles. The molecular formula is C39H33ClF6N6O3. The fourth-order valence-corrected chi connectivity index (χ4v) is 7.75. The van der Waals surface area contributed by atoms with Crippen LogP contribution in [-0.2, 0) is 35.5 Å². The summed E-state index contributed by atoms with van der Waals surface area (Å²) in [6.45, 7) is 3.46. The lowest BCUT2D eigenvalue weighted by Gasteiger charge is -2.22. The highest BCUT2D eigenvalue weighted by Crippen LogP contribution is 2.68. The van der Waals surface area contributed by atoms with Crippen LogP contribution in [0.25, 0.3) is 22.0 Å². The number of ketones is 1. The molecule has 1 saturated carbocycles. The molecule has 55 heavy (non-hydrogen) atoms. The number of halogens is 7. The minimum Gasteiger partial charge on any atom is -0.378 e. The fraction of sp³-hybridized carbons (Fsp3) is 0.359.